The molecule has 4 rings (SSSR count). The number of amides is 1. The van der Waals surface area contributed by atoms with Gasteiger partial charge in [-0.25, -0.2) is 4.98 Å². The predicted octanol–water partition coefficient (Wildman–Crippen LogP) is 3.75. The van der Waals surface area contributed by atoms with E-state index in [1.807, 2.05) is 12.3 Å². The zero-order chi connectivity index (χ0) is 19.1. The molecule has 0 saturated carbocycles. The van der Waals surface area contributed by atoms with Crippen LogP contribution in [-0.4, -0.2) is 27.0 Å². The number of halogens is 1. The van der Waals surface area contributed by atoms with E-state index < -0.39 is 0 Å². The van der Waals surface area contributed by atoms with Gasteiger partial charge in [0, 0.05) is 29.3 Å². The van der Waals surface area contributed by atoms with Crippen molar-refractivity contribution in [1.29, 1.82) is 0 Å². The van der Waals surface area contributed by atoms with Gasteiger partial charge in [0.1, 0.15) is 10.7 Å². The second-order valence-corrected chi connectivity index (χ2v) is 8.27. The summed E-state index contributed by atoms with van der Waals surface area (Å²) >= 11 is 4.75. The summed E-state index contributed by atoms with van der Waals surface area (Å²) in [5, 5.41) is 4.61. The molecule has 1 aromatic carbocycles. The SMILES string of the molecule is Cc1nc2sc(C(=O)NCCn3ccc4ccc(Br)cc43)c(C)c2c(=O)[nH]1. The van der Waals surface area contributed by atoms with Crippen LogP contribution in [0.25, 0.3) is 21.1 Å². The van der Waals surface area contributed by atoms with Gasteiger partial charge < -0.3 is 14.9 Å². The van der Waals surface area contributed by atoms with E-state index in [1.54, 1.807) is 13.8 Å². The van der Waals surface area contributed by atoms with Gasteiger partial charge in [0.15, 0.2) is 0 Å². The number of thiophene rings is 1. The highest BCUT2D eigenvalue weighted by atomic mass is 79.9. The molecule has 0 saturated heterocycles. The minimum Gasteiger partial charge on any atom is -0.350 e. The standard InChI is InChI=1S/C19H17BrN4O2S/c1-10-15-17(25)22-11(2)23-19(15)27-16(10)18(26)21-6-8-24-7-5-12-3-4-13(20)9-14(12)24/h3-5,7,9H,6,8H2,1-2H3,(H,21,26)(H,22,23,25). The first-order valence-corrected chi connectivity index (χ1v) is 10.1. The molecule has 0 spiro atoms. The quantitative estimate of drug-likeness (QED) is 0.502. The minimum absolute atomic E-state index is 0.176. The third-order valence-corrected chi connectivity index (χ3v) is 6.18. The smallest absolute Gasteiger partial charge is 0.261 e. The number of rotatable bonds is 4. The summed E-state index contributed by atoms with van der Waals surface area (Å²) in [6, 6.07) is 8.19. The number of nitrogens with zero attached hydrogens (tertiary/aromatic N) is 2. The van der Waals surface area contributed by atoms with E-state index in [2.05, 4.69) is 54.0 Å². The third-order valence-electron chi connectivity index (χ3n) is 4.50. The number of aromatic amines is 1. The summed E-state index contributed by atoms with van der Waals surface area (Å²) in [5.41, 5.74) is 1.59. The normalized spacial score (nSPS) is 11.4. The molecule has 0 fully saturated rings. The predicted molar refractivity (Wildman–Crippen MR) is 112 cm³/mol. The van der Waals surface area contributed by atoms with E-state index >= 15 is 0 Å². The average Bonchev–Trinajstić information content (AvgIpc) is 3.16. The van der Waals surface area contributed by atoms with Crippen LogP contribution in [0.15, 0.2) is 39.7 Å². The Bertz CT molecular complexity index is 1240. The molecule has 4 aromatic rings. The van der Waals surface area contributed by atoms with Gasteiger partial charge in [-0.2, -0.15) is 0 Å². The molecule has 0 radical (unpaired) electrons. The fourth-order valence-corrected chi connectivity index (χ4v) is 4.68. The number of aryl methyl sites for hydroxylation is 2. The van der Waals surface area contributed by atoms with Gasteiger partial charge in [-0.1, -0.05) is 22.0 Å². The fraction of sp³-hybridized carbons (Fsp3) is 0.211. The lowest BCUT2D eigenvalue weighted by molar-refractivity contribution is 0.0956. The molecule has 6 nitrogen and oxygen atoms in total. The van der Waals surface area contributed by atoms with Gasteiger partial charge in [0.05, 0.1) is 10.3 Å². The maximum absolute atomic E-state index is 12.6. The number of nitrogens with one attached hydrogen (secondary N) is 2. The maximum Gasteiger partial charge on any atom is 0.261 e. The van der Waals surface area contributed by atoms with Crippen LogP contribution >= 0.6 is 27.3 Å². The first kappa shape index (κ1) is 17.9. The molecular weight excluding hydrogens is 428 g/mol. The van der Waals surface area contributed by atoms with Gasteiger partial charge in [-0.15, -0.1) is 11.3 Å². The summed E-state index contributed by atoms with van der Waals surface area (Å²) in [7, 11) is 0. The van der Waals surface area contributed by atoms with Crippen molar-refractivity contribution in [3.8, 4) is 0 Å². The lowest BCUT2D eigenvalue weighted by Gasteiger charge is -2.07. The van der Waals surface area contributed by atoms with Gasteiger partial charge in [-0.05, 0) is 43.0 Å². The highest BCUT2D eigenvalue weighted by Crippen LogP contribution is 2.26. The topological polar surface area (TPSA) is 79.8 Å². The minimum atomic E-state index is -0.199. The Kier molecular flexibility index (Phi) is 4.61. The molecule has 8 heteroatoms. The van der Waals surface area contributed by atoms with Crippen molar-refractivity contribution in [1.82, 2.24) is 19.9 Å². The molecule has 27 heavy (non-hydrogen) atoms. The molecule has 0 aliphatic heterocycles. The van der Waals surface area contributed by atoms with Crippen LogP contribution in [0.3, 0.4) is 0 Å². The highest BCUT2D eigenvalue weighted by Gasteiger charge is 2.18. The van der Waals surface area contributed by atoms with E-state index in [0.717, 1.165) is 15.4 Å². The Labute approximate surface area is 167 Å². The van der Waals surface area contributed by atoms with E-state index in [4.69, 9.17) is 0 Å². The fourth-order valence-electron chi connectivity index (χ4n) is 3.19. The van der Waals surface area contributed by atoms with Gasteiger partial charge in [-0.3, -0.25) is 9.59 Å². The lowest BCUT2D eigenvalue weighted by atomic mass is 10.2. The molecular formula is C19H17BrN4O2S. The summed E-state index contributed by atoms with van der Waals surface area (Å²) in [6.45, 7) is 4.67. The van der Waals surface area contributed by atoms with Crippen molar-refractivity contribution >= 4 is 54.3 Å². The molecule has 3 heterocycles. The van der Waals surface area contributed by atoms with E-state index in [-0.39, 0.29) is 11.5 Å². The van der Waals surface area contributed by atoms with E-state index in [9.17, 15) is 9.59 Å². The number of carbonyl (C=O) groups is 1. The van der Waals surface area contributed by atoms with Crippen LogP contribution in [0.1, 0.15) is 21.1 Å². The molecule has 0 aliphatic carbocycles. The van der Waals surface area contributed by atoms with E-state index in [0.29, 0.717) is 39.6 Å². The van der Waals surface area contributed by atoms with Crippen molar-refractivity contribution in [2.75, 3.05) is 6.54 Å². The highest BCUT2D eigenvalue weighted by molar-refractivity contribution is 9.10. The van der Waals surface area contributed by atoms with Gasteiger partial charge in [0.2, 0.25) is 0 Å². The number of H-pyrrole nitrogens is 1. The van der Waals surface area contributed by atoms with Crippen molar-refractivity contribution in [2.24, 2.45) is 0 Å². The summed E-state index contributed by atoms with van der Waals surface area (Å²) in [5.74, 6) is 0.372. The molecule has 0 bridgehead atoms. The third kappa shape index (κ3) is 3.30. The Morgan fingerprint density at radius 2 is 2.15 bits per heavy atom. The van der Waals surface area contributed by atoms with Crippen LogP contribution in [0, 0.1) is 13.8 Å². The molecule has 0 atom stereocenters. The number of aromatic nitrogens is 3. The Morgan fingerprint density at radius 1 is 1.33 bits per heavy atom. The average molecular weight is 445 g/mol. The van der Waals surface area contributed by atoms with Crippen LogP contribution in [0.5, 0.6) is 0 Å². The Balaban J connectivity index is 1.52. The van der Waals surface area contributed by atoms with Crippen molar-refractivity contribution < 1.29 is 4.79 Å². The van der Waals surface area contributed by atoms with Crippen molar-refractivity contribution in [2.45, 2.75) is 20.4 Å². The summed E-state index contributed by atoms with van der Waals surface area (Å²) in [6.07, 6.45) is 2.01. The number of hydrogen-bond donors (Lipinski definition) is 2. The summed E-state index contributed by atoms with van der Waals surface area (Å²) in [4.78, 5) is 32.9. The molecule has 138 valence electrons. The number of carbonyl (C=O) groups excluding carboxylic acids is 1. The second-order valence-electron chi connectivity index (χ2n) is 6.36. The zero-order valence-corrected chi connectivity index (χ0v) is 17.2. The van der Waals surface area contributed by atoms with Crippen molar-refractivity contribution in [3.63, 3.8) is 0 Å². The van der Waals surface area contributed by atoms with Crippen molar-refractivity contribution in [3.05, 3.63) is 61.6 Å². The van der Waals surface area contributed by atoms with Gasteiger partial charge in [0.25, 0.3) is 11.5 Å². The largest absolute Gasteiger partial charge is 0.350 e. The van der Waals surface area contributed by atoms with E-state index in [1.165, 1.54) is 11.3 Å². The second kappa shape index (κ2) is 6.94. The van der Waals surface area contributed by atoms with Crippen LogP contribution in [0.4, 0.5) is 0 Å². The lowest BCUT2D eigenvalue weighted by Crippen LogP contribution is -2.27. The maximum atomic E-state index is 12.6. The van der Waals surface area contributed by atoms with Gasteiger partial charge >= 0.3 is 0 Å². The number of fused-ring (bicyclic) bond motifs is 2. The Hall–Kier alpha value is -2.45. The molecule has 1 amide bonds. The molecule has 2 N–H and O–H groups in total. The Morgan fingerprint density at radius 3 is 2.96 bits per heavy atom. The first-order valence-electron chi connectivity index (χ1n) is 8.46. The number of benzene rings is 1. The first-order chi connectivity index (χ1) is 12.9. The molecule has 0 aliphatic rings. The van der Waals surface area contributed by atoms with Crippen LogP contribution < -0.4 is 10.9 Å². The zero-order valence-electron chi connectivity index (χ0n) is 14.8. The molecule has 0 unspecified atom stereocenters. The summed E-state index contributed by atoms with van der Waals surface area (Å²) < 4.78 is 3.13. The number of hydrogen-bond acceptors (Lipinski definition) is 4. The molecule has 3 aromatic heterocycles. The monoisotopic (exact) mass is 444 g/mol. The van der Waals surface area contributed by atoms with Crippen LogP contribution in [-0.2, 0) is 6.54 Å². The van der Waals surface area contributed by atoms with Crippen LogP contribution in [0.2, 0.25) is 0 Å².